The van der Waals surface area contributed by atoms with Crippen molar-refractivity contribution in [1.29, 1.82) is 0 Å². The molecule has 0 amide bonds. The van der Waals surface area contributed by atoms with Crippen LogP contribution in [0.5, 0.6) is 0 Å². The SMILES string of the molecule is c1ccc(C2(c3ccccc3)c3ccccc3-c3ccc4c(c32)c2ccccc2n4-c2ccc(-c3ccc(-n4c5ccccc5c5ccccc54)cc3)cc2)cc1. The molecule has 11 aromatic rings. The summed E-state index contributed by atoms with van der Waals surface area (Å²) < 4.78 is 4.84. The standard InChI is InChI=1S/C55H36N2/c1-3-15-39(16-4-1)55(40-17-5-2-6-18-40)48-23-11-7-19-43(48)46-35-36-52-53(54(46)55)47-22-10-14-26-51(47)57(52)42-33-29-38(30-34-42)37-27-31-41(32-28-37)56-49-24-12-8-20-44(49)45-21-9-13-25-50(45)56/h1-36H. The Labute approximate surface area is 331 Å². The monoisotopic (exact) mass is 724 g/mol. The maximum Gasteiger partial charge on any atom is 0.0720 e. The van der Waals surface area contributed by atoms with Crippen molar-refractivity contribution in [3.8, 4) is 33.6 Å². The number of rotatable bonds is 5. The van der Waals surface area contributed by atoms with Crippen LogP contribution in [0.3, 0.4) is 0 Å². The fraction of sp³-hybridized carbons (Fsp3) is 0.0182. The highest BCUT2D eigenvalue weighted by Crippen LogP contribution is 2.59. The van der Waals surface area contributed by atoms with Gasteiger partial charge in [0.25, 0.3) is 0 Å². The molecule has 266 valence electrons. The molecule has 2 aromatic heterocycles. The fourth-order valence-electron chi connectivity index (χ4n) is 10.1. The number of benzene rings is 9. The molecule has 0 atom stereocenters. The van der Waals surface area contributed by atoms with Crippen molar-refractivity contribution >= 4 is 43.6 Å². The lowest BCUT2D eigenvalue weighted by Gasteiger charge is -2.34. The summed E-state index contributed by atoms with van der Waals surface area (Å²) in [5, 5.41) is 5.12. The highest BCUT2D eigenvalue weighted by molar-refractivity contribution is 6.15. The molecule has 2 heteroatoms. The van der Waals surface area contributed by atoms with Gasteiger partial charge in [-0.05, 0) is 93.0 Å². The van der Waals surface area contributed by atoms with Gasteiger partial charge in [0.1, 0.15) is 0 Å². The molecule has 0 radical (unpaired) electrons. The van der Waals surface area contributed by atoms with Crippen molar-refractivity contribution in [1.82, 2.24) is 9.13 Å². The largest absolute Gasteiger partial charge is 0.309 e. The van der Waals surface area contributed by atoms with E-state index >= 15 is 0 Å². The average molecular weight is 725 g/mol. The first-order valence-corrected chi connectivity index (χ1v) is 19.8. The first-order valence-electron chi connectivity index (χ1n) is 19.8. The van der Waals surface area contributed by atoms with E-state index in [0.29, 0.717) is 0 Å². The topological polar surface area (TPSA) is 9.86 Å². The van der Waals surface area contributed by atoms with E-state index in [4.69, 9.17) is 0 Å². The van der Waals surface area contributed by atoms with Gasteiger partial charge >= 0.3 is 0 Å². The normalized spacial score (nSPS) is 13.1. The third-order valence-electron chi connectivity index (χ3n) is 12.4. The Morgan fingerprint density at radius 2 is 0.737 bits per heavy atom. The van der Waals surface area contributed by atoms with Crippen LogP contribution >= 0.6 is 0 Å². The molecule has 0 saturated heterocycles. The Hall–Kier alpha value is -7.42. The van der Waals surface area contributed by atoms with Gasteiger partial charge in [-0.15, -0.1) is 0 Å². The van der Waals surface area contributed by atoms with Gasteiger partial charge in [-0.1, -0.05) is 170 Å². The molecule has 0 bridgehead atoms. The number of hydrogen-bond donors (Lipinski definition) is 0. The van der Waals surface area contributed by atoms with Gasteiger partial charge in [-0.25, -0.2) is 0 Å². The van der Waals surface area contributed by atoms with E-state index in [1.807, 2.05) is 0 Å². The molecule has 1 aliphatic rings. The van der Waals surface area contributed by atoms with E-state index in [2.05, 4.69) is 228 Å². The van der Waals surface area contributed by atoms with Gasteiger partial charge < -0.3 is 9.13 Å². The zero-order valence-corrected chi connectivity index (χ0v) is 31.2. The second-order valence-electron chi connectivity index (χ2n) is 15.2. The number of para-hydroxylation sites is 3. The second kappa shape index (κ2) is 12.3. The summed E-state index contributed by atoms with van der Waals surface area (Å²) in [6, 6.07) is 80.4. The van der Waals surface area contributed by atoms with Gasteiger partial charge in [-0.2, -0.15) is 0 Å². The molecule has 9 aromatic carbocycles. The summed E-state index contributed by atoms with van der Waals surface area (Å²) in [5.74, 6) is 0. The van der Waals surface area contributed by atoms with Crippen LogP contribution in [-0.2, 0) is 5.41 Å². The molecule has 12 rings (SSSR count). The Morgan fingerprint density at radius 3 is 1.30 bits per heavy atom. The van der Waals surface area contributed by atoms with Crippen LogP contribution in [0, 0.1) is 0 Å². The van der Waals surface area contributed by atoms with Crippen LogP contribution in [0.25, 0.3) is 77.2 Å². The first-order chi connectivity index (χ1) is 28.3. The van der Waals surface area contributed by atoms with E-state index in [-0.39, 0.29) is 0 Å². The number of aromatic nitrogens is 2. The summed E-state index contributed by atoms with van der Waals surface area (Å²) in [4.78, 5) is 0. The molecule has 57 heavy (non-hydrogen) atoms. The Bertz CT molecular complexity index is 3220. The minimum absolute atomic E-state index is 0.488. The van der Waals surface area contributed by atoms with Crippen molar-refractivity contribution in [3.63, 3.8) is 0 Å². The third kappa shape index (κ3) is 4.47. The van der Waals surface area contributed by atoms with Crippen LogP contribution < -0.4 is 0 Å². The zero-order chi connectivity index (χ0) is 37.5. The Morgan fingerprint density at radius 1 is 0.298 bits per heavy atom. The van der Waals surface area contributed by atoms with Crippen molar-refractivity contribution < 1.29 is 0 Å². The highest BCUT2D eigenvalue weighted by Gasteiger charge is 2.47. The summed E-state index contributed by atoms with van der Waals surface area (Å²) in [6.07, 6.45) is 0. The van der Waals surface area contributed by atoms with Crippen LogP contribution in [0.1, 0.15) is 22.3 Å². The minimum Gasteiger partial charge on any atom is -0.309 e. The molecule has 0 unspecified atom stereocenters. The van der Waals surface area contributed by atoms with Crippen LogP contribution in [0.4, 0.5) is 0 Å². The molecule has 2 nitrogen and oxygen atoms in total. The zero-order valence-electron chi connectivity index (χ0n) is 31.2. The molecular weight excluding hydrogens is 689 g/mol. The average Bonchev–Trinajstić information content (AvgIpc) is 3.92. The molecule has 0 aliphatic heterocycles. The van der Waals surface area contributed by atoms with Crippen molar-refractivity contribution in [2.45, 2.75) is 5.41 Å². The van der Waals surface area contributed by atoms with Gasteiger partial charge in [0, 0.05) is 32.9 Å². The van der Waals surface area contributed by atoms with E-state index in [1.54, 1.807) is 0 Å². The summed E-state index contributed by atoms with van der Waals surface area (Å²) in [6.45, 7) is 0. The first kappa shape index (κ1) is 31.9. The van der Waals surface area contributed by atoms with Crippen LogP contribution in [0.2, 0.25) is 0 Å². The van der Waals surface area contributed by atoms with E-state index in [1.165, 1.54) is 88.1 Å². The third-order valence-corrected chi connectivity index (χ3v) is 12.4. The van der Waals surface area contributed by atoms with E-state index < -0.39 is 5.41 Å². The second-order valence-corrected chi connectivity index (χ2v) is 15.2. The minimum atomic E-state index is -0.488. The highest BCUT2D eigenvalue weighted by atomic mass is 15.0. The summed E-state index contributed by atoms with van der Waals surface area (Å²) in [5.41, 5.74) is 16.9. The van der Waals surface area contributed by atoms with Crippen LogP contribution in [0.15, 0.2) is 218 Å². The molecule has 2 heterocycles. The van der Waals surface area contributed by atoms with Gasteiger partial charge in [0.15, 0.2) is 0 Å². The predicted octanol–water partition coefficient (Wildman–Crippen LogP) is 13.9. The maximum absolute atomic E-state index is 2.46. The smallest absolute Gasteiger partial charge is 0.0720 e. The quantitative estimate of drug-likeness (QED) is 0.167. The molecule has 0 saturated carbocycles. The maximum atomic E-state index is 2.46. The molecule has 0 fully saturated rings. The van der Waals surface area contributed by atoms with Gasteiger partial charge in [-0.3, -0.25) is 0 Å². The van der Waals surface area contributed by atoms with Crippen LogP contribution in [-0.4, -0.2) is 9.13 Å². The summed E-state index contributed by atoms with van der Waals surface area (Å²) >= 11 is 0. The molecule has 0 N–H and O–H groups in total. The van der Waals surface area contributed by atoms with Crippen molar-refractivity contribution in [3.05, 3.63) is 241 Å². The molecule has 0 spiro atoms. The van der Waals surface area contributed by atoms with Gasteiger partial charge in [0.2, 0.25) is 0 Å². The van der Waals surface area contributed by atoms with E-state index in [0.717, 1.165) is 11.4 Å². The predicted molar refractivity (Wildman–Crippen MR) is 238 cm³/mol. The Balaban J connectivity index is 1.02. The number of hydrogen-bond acceptors (Lipinski definition) is 0. The number of nitrogens with zero attached hydrogens (tertiary/aromatic N) is 2. The number of fused-ring (bicyclic) bond motifs is 10. The summed E-state index contributed by atoms with van der Waals surface area (Å²) in [7, 11) is 0. The lowest BCUT2D eigenvalue weighted by molar-refractivity contribution is 0.776. The fourth-order valence-corrected chi connectivity index (χ4v) is 10.1. The van der Waals surface area contributed by atoms with Crippen molar-refractivity contribution in [2.75, 3.05) is 0 Å². The lowest BCUT2D eigenvalue weighted by atomic mass is 9.67. The van der Waals surface area contributed by atoms with Crippen molar-refractivity contribution in [2.24, 2.45) is 0 Å². The Kier molecular flexibility index (Phi) is 6.88. The molecule has 1 aliphatic carbocycles. The molecular formula is C55H36N2. The van der Waals surface area contributed by atoms with E-state index in [9.17, 15) is 0 Å². The van der Waals surface area contributed by atoms with Gasteiger partial charge in [0.05, 0.1) is 27.5 Å². The lowest BCUT2D eigenvalue weighted by Crippen LogP contribution is -2.28.